The van der Waals surface area contributed by atoms with Crippen LogP contribution in [0.25, 0.3) is 0 Å². The monoisotopic (exact) mass is 382 g/mol. The maximum absolute atomic E-state index is 12.0. The maximum Gasteiger partial charge on any atom is 0.178 e. The zero-order valence-electron chi connectivity index (χ0n) is 10.3. The van der Waals surface area contributed by atoms with Crippen molar-refractivity contribution in [1.82, 2.24) is 0 Å². The number of Topliss-reactive ketones (excluding diaryl/α,β-unsaturated/α-hetero) is 2. The lowest BCUT2D eigenvalue weighted by molar-refractivity contribution is 0.0891. The molecule has 0 heterocycles. The Bertz CT molecular complexity index is 659. The number of hydrogen-bond acceptors (Lipinski definition) is 4. The number of rotatable bonds is 4. The summed E-state index contributed by atoms with van der Waals surface area (Å²) < 4.78 is 0.895. The molecule has 0 bridgehead atoms. The van der Waals surface area contributed by atoms with Gasteiger partial charge in [-0.15, -0.1) is 0 Å². The van der Waals surface area contributed by atoms with E-state index in [2.05, 4.69) is 22.6 Å². The lowest BCUT2D eigenvalue weighted by Crippen LogP contribution is -2.09. The predicted octanol–water partition coefficient (Wildman–Crippen LogP) is 3.16. The smallest absolute Gasteiger partial charge is 0.178 e. The van der Waals surface area contributed by atoms with Gasteiger partial charge < -0.3 is 10.2 Å². The largest absolute Gasteiger partial charge is 0.507 e. The second-order valence-electron chi connectivity index (χ2n) is 4.20. The highest BCUT2D eigenvalue weighted by molar-refractivity contribution is 14.1. The predicted molar refractivity (Wildman–Crippen MR) is 82.2 cm³/mol. The van der Waals surface area contributed by atoms with E-state index in [1.807, 2.05) is 6.07 Å². The Morgan fingerprint density at radius 3 is 2.15 bits per heavy atom. The summed E-state index contributed by atoms with van der Waals surface area (Å²) in [5.74, 6) is -1.61. The summed E-state index contributed by atoms with van der Waals surface area (Å²) in [7, 11) is 0. The Morgan fingerprint density at radius 1 is 0.950 bits per heavy atom. The van der Waals surface area contributed by atoms with Crippen molar-refractivity contribution < 1.29 is 19.8 Å². The molecule has 4 nitrogen and oxygen atoms in total. The standard InChI is InChI=1S/C15H11IO4/c16-10-4-1-3-9(7-10)13(19)8-14(20)15-11(17)5-2-6-12(15)18/h1-7,17-18H,8H2. The van der Waals surface area contributed by atoms with Crippen LogP contribution in [0.5, 0.6) is 11.5 Å². The van der Waals surface area contributed by atoms with Crippen molar-refractivity contribution in [2.45, 2.75) is 6.42 Å². The second kappa shape index (κ2) is 6.04. The third kappa shape index (κ3) is 3.16. The number of ketones is 2. The van der Waals surface area contributed by atoms with Gasteiger partial charge in [0.15, 0.2) is 11.6 Å². The van der Waals surface area contributed by atoms with E-state index in [1.165, 1.54) is 18.2 Å². The number of phenolic OH excluding ortho intramolecular Hbond substituents is 2. The minimum Gasteiger partial charge on any atom is -0.507 e. The lowest BCUT2D eigenvalue weighted by atomic mass is 10.0. The lowest BCUT2D eigenvalue weighted by Gasteiger charge is -2.06. The molecule has 2 N–H and O–H groups in total. The van der Waals surface area contributed by atoms with Gasteiger partial charge in [0.05, 0.1) is 6.42 Å². The maximum atomic E-state index is 12.0. The Hall–Kier alpha value is -1.89. The van der Waals surface area contributed by atoms with E-state index in [4.69, 9.17) is 0 Å². The van der Waals surface area contributed by atoms with Crippen LogP contribution in [-0.2, 0) is 0 Å². The summed E-state index contributed by atoms with van der Waals surface area (Å²) in [6.45, 7) is 0. The molecule has 0 atom stereocenters. The normalized spacial score (nSPS) is 10.2. The molecule has 0 aliphatic rings. The molecule has 20 heavy (non-hydrogen) atoms. The third-order valence-corrected chi connectivity index (χ3v) is 3.44. The van der Waals surface area contributed by atoms with E-state index in [9.17, 15) is 19.8 Å². The summed E-state index contributed by atoms with van der Waals surface area (Å²) >= 11 is 2.08. The molecule has 0 unspecified atom stereocenters. The number of aromatic hydroxyl groups is 2. The highest BCUT2D eigenvalue weighted by Crippen LogP contribution is 2.28. The molecule has 102 valence electrons. The SMILES string of the molecule is O=C(CC(=O)c1c(O)cccc1O)c1cccc(I)c1. The minimum absolute atomic E-state index is 0.216. The van der Waals surface area contributed by atoms with Gasteiger partial charge in [-0.2, -0.15) is 0 Å². The molecular formula is C15H11IO4. The molecule has 0 saturated heterocycles. The van der Waals surface area contributed by atoms with Gasteiger partial charge in [0.1, 0.15) is 17.1 Å². The van der Waals surface area contributed by atoms with Crippen LogP contribution in [0.4, 0.5) is 0 Å². The van der Waals surface area contributed by atoms with E-state index >= 15 is 0 Å². The van der Waals surface area contributed by atoms with Crippen molar-refractivity contribution in [1.29, 1.82) is 0 Å². The van der Waals surface area contributed by atoms with Gasteiger partial charge in [0.25, 0.3) is 0 Å². The fourth-order valence-electron chi connectivity index (χ4n) is 1.81. The van der Waals surface area contributed by atoms with E-state index < -0.39 is 12.2 Å². The minimum atomic E-state index is -0.607. The molecule has 2 aromatic rings. The van der Waals surface area contributed by atoms with Crippen LogP contribution in [0, 0.1) is 3.57 Å². The Kier molecular flexibility index (Phi) is 4.39. The van der Waals surface area contributed by atoms with Crippen LogP contribution in [0.3, 0.4) is 0 Å². The summed E-state index contributed by atoms with van der Waals surface area (Å²) in [5, 5.41) is 19.2. The van der Waals surface area contributed by atoms with Gasteiger partial charge in [0.2, 0.25) is 0 Å². The second-order valence-corrected chi connectivity index (χ2v) is 5.45. The number of benzene rings is 2. The zero-order chi connectivity index (χ0) is 14.7. The Morgan fingerprint density at radius 2 is 1.55 bits per heavy atom. The highest BCUT2D eigenvalue weighted by Gasteiger charge is 2.19. The van der Waals surface area contributed by atoms with E-state index in [0.29, 0.717) is 5.56 Å². The van der Waals surface area contributed by atoms with E-state index in [1.54, 1.807) is 18.2 Å². The highest BCUT2D eigenvalue weighted by atomic mass is 127. The van der Waals surface area contributed by atoms with E-state index in [-0.39, 0.29) is 22.8 Å². The first-order chi connectivity index (χ1) is 9.49. The number of carbonyl (C=O) groups excluding carboxylic acids is 2. The molecular weight excluding hydrogens is 371 g/mol. The van der Waals surface area contributed by atoms with Crippen molar-refractivity contribution in [2.75, 3.05) is 0 Å². The zero-order valence-corrected chi connectivity index (χ0v) is 12.5. The van der Waals surface area contributed by atoms with Crippen molar-refractivity contribution in [2.24, 2.45) is 0 Å². The summed E-state index contributed by atoms with van der Waals surface area (Å²) in [6, 6.07) is 10.9. The molecule has 0 spiro atoms. The van der Waals surface area contributed by atoms with Crippen LogP contribution in [0.2, 0.25) is 0 Å². The number of hydrogen-bond donors (Lipinski definition) is 2. The molecule has 0 aliphatic heterocycles. The average molecular weight is 382 g/mol. The molecule has 0 aromatic heterocycles. The first-order valence-corrected chi connectivity index (χ1v) is 6.90. The quantitative estimate of drug-likeness (QED) is 0.484. The molecule has 0 saturated carbocycles. The van der Waals surface area contributed by atoms with Crippen LogP contribution in [0.15, 0.2) is 42.5 Å². The summed E-state index contributed by atoms with van der Waals surface area (Å²) in [4.78, 5) is 24.0. The summed E-state index contributed by atoms with van der Waals surface area (Å²) in [5.41, 5.74) is 0.214. The summed E-state index contributed by atoms with van der Waals surface area (Å²) in [6.07, 6.45) is -0.398. The van der Waals surface area contributed by atoms with Crippen LogP contribution in [-0.4, -0.2) is 21.8 Å². The third-order valence-electron chi connectivity index (χ3n) is 2.77. The molecule has 0 fully saturated rings. The first kappa shape index (κ1) is 14.5. The van der Waals surface area contributed by atoms with Gasteiger partial charge >= 0.3 is 0 Å². The van der Waals surface area contributed by atoms with Crippen molar-refractivity contribution >= 4 is 34.2 Å². The van der Waals surface area contributed by atoms with Gasteiger partial charge in [-0.05, 0) is 46.9 Å². The fourth-order valence-corrected chi connectivity index (χ4v) is 2.36. The van der Waals surface area contributed by atoms with Gasteiger partial charge in [-0.3, -0.25) is 9.59 Å². The first-order valence-electron chi connectivity index (χ1n) is 5.82. The van der Waals surface area contributed by atoms with Crippen molar-refractivity contribution in [3.05, 3.63) is 57.2 Å². The molecule has 2 aromatic carbocycles. The molecule has 5 heteroatoms. The number of halogens is 1. The van der Waals surface area contributed by atoms with Gasteiger partial charge in [0, 0.05) is 9.13 Å². The van der Waals surface area contributed by atoms with Crippen LogP contribution in [0.1, 0.15) is 27.1 Å². The fraction of sp³-hybridized carbons (Fsp3) is 0.0667. The Labute approximate surface area is 129 Å². The molecule has 0 amide bonds. The number of phenols is 2. The van der Waals surface area contributed by atoms with Crippen LogP contribution < -0.4 is 0 Å². The molecule has 0 aliphatic carbocycles. The topological polar surface area (TPSA) is 74.6 Å². The van der Waals surface area contributed by atoms with Crippen LogP contribution >= 0.6 is 22.6 Å². The van der Waals surface area contributed by atoms with Crippen molar-refractivity contribution in [3.63, 3.8) is 0 Å². The average Bonchev–Trinajstić information content (AvgIpc) is 2.38. The van der Waals surface area contributed by atoms with Gasteiger partial charge in [-0.25, -0.2) is 0 Å². The van der Waals surface area contributed by atoms with Crippen molar-refractivity contribution in [3.8, 4) is 11.5 Å². The molecule has 2 rings (SSSR count). The Balaban J connectivity index is 2.22. The van der Waals surface area contributed by atoms with E-state index in [0.717, 1.165) is 3.57 Å². The molecule has 0 radical (unpaired) electrons. The number of carbonyl (C=O) groups is 2. The van der Waals surface area contributed by atoms with Gasteiger partial charge in [-0.1, -0.05) is 18.2 Å².